The number of nitrogens with zero attached hydrogens (tertiary/aromatic N) is 2. The van der Waals surface area contributed by atoms with Crippen LogP contribution in [0.2, 0.25) is 0 Å². The molecule has 3 atom stereocenters. The van der Waals surface area contributed by atoms with Crippen LogP contribution in [0.4, 0.5) is 0 Å². The van der Waals surface area contributed by atoms with Crippen LogP contribution in [-0.2, 0) is 19.2 Å². The molecule has 24 heavy (non-hydrogen) atoms. The molecule has 0 saturated carbocycles. The maximum Gasteiger partial charge on any atom is 0.261 e. The number of phenols is 1. The molecule has 0 aromatic heterocycles. The molecule has 0 spiro atoms. The Kier molecular flexibility index (Phi) is 4.25. The van der Waals surface area contributed by atoms with Gasteiger partial charge < -0.3 is 10.8 Å². The first-order valence-electron chi connectivity index (χ1n) is 7.80. The fraction of sp³-hybridized carbons (Fsp3) is 0.438. The Morgan fingerprint density at radius 3 is 2.71 bits per heavy atom. The van der Waals surface area contributed by atoms with Crippen molar-refractivity contribution >= 4 is 17.7 Å². The first-order valence-corrected chi connectivity index (χ1v) is 7.80. The van der Waals surface area contributed by atoms with Crippen molar-refractivity contribution < 1.29 is 24.3 Å². The second-order valence-corrected chi connectivity index (χ2v) is 5.96. The highest BCUT2D eigenvalue weighted by molar-refractivity contribution is 6.07. The van der Waals surface area contributed by atoms with Gasteiger partial charge in [-0.1, -0.05) is 19.1 Å². The number of carbonyl (C=O) groups excluding carboxylic acids is 3. The molecule has 8 nitrogen and oxygen atoms in total. The summed E-state index contributed by atoms with van der Waals surface area (Å²) in [5.74, 6) is -2.09. The van der Waals surface area contributed by atoms with Crippen molar-refractivity contribution in [3.05, 3.63) is 29.8 Å². The predicted octanol–water partition coefficient (Wildman–Crippen LogP) is -0.0706. The van der Waals surface area contributed by atoms with Crippen LogP contribution in [0, 0.1) is 5.92 Å². The number of imide groups is 1. The van der Waals surface area contributed by atoms with E-state index >= 15 is 0 Å². The number of primary amides is 1. The number of amides is 3. The van der Waals surface area contributed by atoms with Crippen molar-refractivity contribution in [2.45, 2.75) is 25.5 Å². The molecule has 0 radical (unpaired) electrons. The van der Waals surface area contributed by atoms with Gasteiger partial charge in [0.25, 0.3) is 5.91 Å². The third-order valence-corrected chi connectivity index (χ3v) is 4.26. The minimum atomic E-state index is -0.962. The summed E-state index contributed by atoms with van der Waals surface area (Å²) in [7, 11) is 0. The maximum atomic E-state index is 12.7. The van der Waals surface area contributed by atoms with E-state index in [-0.39, 0.29) is 18.2 Å². The Morgan fingerprint density at radius 1 is 1.33 bits per heavy atom. The Balaban J connectivity index is 1.99. The van der Waals surface area contributed by atoms with Gasteiger partial charge in [-0.2, -0.15) is 5.06 Å². The zero-order chi connectivity index (χ0) is 17.4. The molecule has 2 heterocycles. The van der Waals surface area contributed by atoms with Gasteiger partial charge in [0.1, 0.15) is 12.3 Å². The minimum absolute atomic E-state index is 0.0251. The number of hydrogen-bond acceptors (Lipinski definition) is 6. The number of likely N-dealkylation sites (tertiary alicyclic amines) is 1. The lowest BCUT2D eigenvalue weighted by molar-refractivity contribution is -0.181. The summed E-state index contributed by atoms with van der Waals surface area (Å²) in [6.45, 7) is 1.96. The van der Waals surface area contributed by atoms with Crippen LogP contribution in [0.25, 0.3) is 0 Å². The van der Waals surface area contributed by atoms with E-state index in [1.165, 1.54) is 22.1 Å². The minimum Gasteiger partial charge on any atom is -0.508 e. The van der Waals surface area contributed by atoms with E-state index < -0.39 is 29.9 Å². The largest absolute Gasteiger partial charge is 0.508 e. The van der Waals surface area contributed by atoms with Crippen LogP contribution in [-0.4, -0.2) is 52.0 Å². The molecular weight excluding hydrogens is 314 g/mol. The van der Waals surface area contributed by atoms with Crippen LogP contribution < -0.4 is 5.73 Å². The van der Waals surface area contributed by atoms with Crippen molar-refractivity contribution in [1.82, 2.24) is 9.96 Å². The summed E-state index contributed by atoms with van der Waals surface area (Å²) < 4.78 is 0. The van der Waals surface area contributed by atoms with Gasteiger partial charge in [0.2, 0.25) is 11.8 Å². The number of hydroxylamine groups is 2. The third-order valence-electron chi connectivity index (χ3n) is 4.26. The Hall–Kier alpha value is -2.45. The van der Waals surface area contributed by atoms with E-state index in [1.807, 2.05) is 6.92 Å². The molecule has 0 bridgehead atoms. The molecule has 1 aromatic carbocycles. The highest BCUT2D eigenvalue weighted by Gasteiger charge is 2.59. The number of nitrogens with two attached hydrogens (primary N) is 1. The number of aromatic hydroxyl groups is 1. The number of hydrogen-bond donors (Lipinski definition) is 2. The summed E-state index contributed by atoms with van der Waals surface area (Å²) in [5, 5.41) is 11.0. The lowest BCUT2D eigenvalue weighted by atomic mass is 9.90. The van der Waals surface area contributed by atoms with E-state index in [2.05, 4.69) is 0 Å². The predicted molar refractivity (Wildman–Crippen MR) is 82.1 cm³/mol. The Morgan fingerprint density at radius 2 is 2.08 bits per heavy atom. The zero-order valence-electron chi connectivity index (χ0n) is 13.2. The average Bonchev–Trinajstić information content (AvgIpc) is 2.98. The zero-order valence-corrected chi connectivity index (χ0v) is 13.2. The normalized spacial score (nSPS) is 26.9. The van der Waals surface area contributed by atoms with E-state index in [0.29, 0.717) is 18.5 Å². The van der Waals surface area contributed by atoms with Crippen LogP contribution in [0.15, 0.2) is 24.3 Å². The van der Waals surface area contributed by atoms with Gasteiger partial charge >= 0.3 is 0 Å². The van der Waals surface area contributed by atoms with Gasteiger partial charge in [-0.05, 0) is 24.1 Å². The fourth-order valence-corrected chi connectivity index (χ4v) is 3.34. The molecule has 3 amide bonds. The maximum absolute atomic E-state index is 12.7. The Bertz CT molecular complexity index is 692. The molecule has 128 valence electrons. The van der Waals surface area contributed by atoms with Crippen LogP contribution in [0.5, 0.6) is 5.75 Å². The summed E-state index contributed by atoms with van der Waals surface area (Å²) >= 11 is 0. The summed E-state index contributed by atoms with van der Waals surface area (Å²) in [4.78, 5) is 43.3. The number of carbonyl (C=O) groups is 3. The molecule has 2 aliphatic rings. The third kappa shape index (κ3) is 2.63. The fourth-order valence-electron chi connectivity index (χ4n) is 3.34. The van der Waals surface area contributed by atoms with E-state index in [0.717, 1.165) is 0 Å². The highest BCUT2D eigenvalue weighted by Crippen LogP contribution is 2.44. The topological polar surface area (TPSA) is 113 Å². The molecule has 3 unspecified atom stereocenters. The van der Waals surface area contributed by atoms with Gasteiger partial charge in [0.15, 0.2) is 6.10 Å². The van der Waals surface area contributed by atoms with Crippen molar-refractivity contribution in [2.24, 2.45) is 11.7 Å². The van der Waals surface area contributed by atoms with Crippen LogP contribution in [0.3, 0.4) is 0 Å². The summed E-state index contributed by atoms with van der Waals surface area (Å²) in [6.07, 6.45) is -0.311. The van der Waals surface area contributed by atoms with E-state index in [9.17, 15) is 19.5 Å². The number of fused-ring (bicyclic) bond motifs is 1. The molecule has 2 saturated heterocycles. The van der Waals surface area contributed by atoms with Crippen molar-refractivity contribution in [2.75, 3.05) is 13.1 Å². The van der Waals surface area contributed by atoms with Gasteiger partial charge in [-0.3, -0.25) is 24.1 Å². The lowest BCUT2D eigenvalue weighted by Crippen LogP contribution is -2.40. The van der Waals surface area contributed by atoms with E-state index in [4.69, 9.17) is 10.6 Å². The van der Waals surface area contributed by atoms with E-state index in [1.54, 1.807) is 12.1 Å². The van der Waals surface area contributed by atoms with Gasteiger partial charge in [-0.15, -0.1) is 0 Å². The number of rotatable bonds is 5. The first kappa shape index (κ1) is 16.4. The summed E-state index contributed by atoms with van der Waals surface area (Å²) in [5.41, 5.74) is 5.83. The molecule has 8 heteroatoms. The van der Waals surface area contributed by atoms with Crippen LogP contribution in [0.1, 0.15) is 24.9 Å². The second-order valence-electron chi connectivity index (χ2n) is 5.96. The van der Waals surface area contributed by atoms with Gasteiger partial charge in [0.05, 0.1) is 12.0 Å². The van der Waals surface area contributed by atoms with Gasteiger partial charge in [0, 0.05) is 6.54 Å². The quantitative estimate of drug-likeness (QED) is 0.729. The van der Waals surface area contributed by atoms with Crippen molar-refractivity contribution in [3.8, 4) is 5.75 Å². The Labute approximate surface area is 138 Å². The van der Waals surface area contributed by atoms with Crippen LogP contribution >= 0.6 is 0 Å². The molecule has 0 aliphatic carbocycles. The second kappa shape index (κ2) is 6.21. The molecule has 3 N–H and O–H groups in total. The molecule has 1 aromatic rings. The highest BCUT2D eigenvalue weighted by atomic mass is 16.7. The molecule has 2 aliphatic heterocycles. The SMILES string of the molecule is CCCN1C(=O)C2ON(CC(N)=O)C(c3cccc(O)c3)C2C1=O. The van der Waals surface area contributed by atoms with Gasteiger partial charge in [-0.25, -0.2) is 0 Å². The average molecular weight is 333 g/mol. The van der Waals surface area contributed by atoms with Crippen molar-refractivity contribution in [3.63, 3.8) is 0 Å². The number of benzene rings is 1. The first-order chi connectivity index (χ1) is 11.4. The summed E-state index contributed by atoms with van der Waals surface area (Å²) in [6, 6.07) is 5.67. The smallest absolute Gasteiger partial charge is 0.261 e. The standard InChI is InChI=1S/C16H19N3O5/c1-2-6-18-15(22)12-13(9-4-3-5-10(20)7-9)19(8-11(17)21)24-14(12)16(18)23/h3-5,7,12-14,20H,2,6,8H2,1H3,(H2,17,21). The number of phenolic OH excluding ortho intramolecular Hbond substituents is 1. The molecular formula is C16H19N3O5. The lowest BCUT2D eigenvalue weighted by Gasteiger charge is -2.26. The van der Waals surface area contributed by atoms with Crippen molar-refractivity contribution in [1.29, 1.82) is 0 Å². The molecule has 2 fully saturated rings. The molecule has 3 rings (SSSR count). The monoisotopic (exact) mass is 333 g/mol.